The van der Waals surface area contributed by atoms with Gasteiger partial charge in [-0.3, -0.25) is 4.90 Å². The van der Waals surface area contributed by atoms with Crippen LogP contribution in [0.4, 0.5) is 5.69 Å². The van der Waals surface area contributed by atoms with Crippen LogP contribution in [0.25, 0.3) is 0 Å². The van der Waals surface area contributed by atoms with Crippen LogP contribution in [0.5, 0.6) is 23.0 Å². The molecule has 2 aromatic carbocycles. The Labute approximate surface area is 204 Å². The molecule has 2 aliphatic heterocycles. The molecule has 0 aromatic heterocycles. The van der Waals surface area contributed by atoms with Gasteiger partial charge >= 0.3 is 5.97 Å². The lowest BCUT2D eigenvalue weighted by atomic mass is 9.93. The Bertz CT molecular complexity index is 1150. The van der Waals surface area contributed by atoms with Gasteiger partial charge in [-0.05, 0) is 51.2 Å². The Balaban J connectivity index is 1.84. The second-order valence-corrected chi connectivity index (χ2v) is 8.47. The maximum Gasteiger partial charge on any atom is 0.337 e. The number of nitrogens with one attached hydrogen (secondary N) is 1. The molecule has 34 heavy (non-hydrogen) atoms. The van der Waals surface area contributed by atoms with Gasteiger partial charge in [0.1, 0.15) is 13.2 Å². The topological polar surface area (TPSA) is 78.5 Å². The summed E-state index contributed by atoms with van der Waals surface area (Å²) in [4.78, 5) is 14.8. The molecule has 0 fully saturated rings. The predicted octanol–water partition coefficient (Wildman–Crippen LogP) is 4.14. The van der Waals surface area contributed by atoms with Gasteiger partial charge in [0.2, 0.25) is 0 Å². The first-order valence-electron chi connectivity index (χ1n) is 11.0. The standard InChI is InChI=1S/C25H28N2O6S/c1-14(2)33-23-17(7-6-8-19(23)29-4)22-21(24(28)30-5)15(3)27(25(34)26-22)16-9-10-18-20(13-16)32-12-11-31-18/h6-10,13-14,22H,11-12H2,1-5H3,(H,26,34)/t22-/m1/s1. The Morgan fingerprint density at radius 3 is 2.56 bits per heavy atom. The number of thiocarbonyl (C=S) groups is 1. The van der Waals surface area contributed by atoms with Crippen molar-refractivity contribution in [1.82, 2.24) is 5.32 Å². The number of carbonyl (C=O) groups is 1. The minimum atomic E-state index is -0.600. The normalized spacial score (nSPS) is 17.4. The van der Waals surface area contributed by atoms with Crippen LogP contribution in [-0.4, -0.2) is 44.6 Å². The molecule has 0 bridgehead atoms. The third-order valence-electron chi connectivity index (χ3n) is 5.57. The Kier molecular flexibility index (Phi) is 6.83. The molecular formula is C25H28N2O6S. The largest absolute Gasteiger partial charge is 0.493 e. The average molecular weight is 485 g/mol. The zero-order valence-electron chi connectivity index (χ0n) is 19.8. The molecule has 0 unspecified atom stereocenters. The van der Waals surface area contributed by atoms with Crippen molar-refractivity contribution in [2.75, 3.05) is 32.3 Å². The summed E-state index contributed by atoms with van der Waals surface area (Å²) < 4.78 is 28.2. The van der Waals surface area contributed by atoms with Crippen LogP contribution in [0.3, 0.4) is 0 Å². The van der Waals surface area contributed by atoms with Gasteiger partial charge in [0.15, 0.2) is 28.1 Å². The molecule has 0 aliphatic carbocycles. The summed E-state index contributed by atoms with van der Waals surface area (Å²) in [6.45, 7) is 6.68. The van der Waals surface area contributed by atoms with E-state index in [-0.39, 0.29) is 6.10 Å². The quantitative estimate of drug-likeness (QED) is 0.481. The molecular weight excluding hydrogens is 456 g/mol. The fraction of sp³-hybridized carbons (Fsp3) is 0.360. The first-order chi connectivity index (χ1) is 16.3. The van der Waals surface area contributed by atoms with E-state index < -0.39 is 12.0 Å². The van der Waals surface area contributed by atoms with E-state index >= 15 is 0 Å². The number of methoxy groups -OCH3 is 2. The van der Waals surface area contributed by atoms with Crippen LogP contribution in [0.15, 0.2) is 47.7 Å². The highest BCUT2D eigenvalue weighted by Crippen LogP contribution is 2.43. The summed E-state index contributed by atoms with van der Waals surface area (Å²) in [6, 6.07) is 10.5. The fourth-order valence-corrected chi connectivity index (χ4v) is 4.48. The fourth-order valence-electron chi connectivity index (χ4n) is 4.12. The van der Waals surface area contributed by atoms with Gasteiger partial charge in [-0.15, -0.1) is 0 Å². The molecule has 1 N–H and O–H groups in total. The summed E-state index contributed by atoms with van der Waals surface area (Å²) in [7, 11) is 2.94. The summed E-state index contributed by atoms with van der Waals surface area (Å²) in [5.74, 6) is 1.93. The maximum absolute atomic E-state index is 13.1. The first-order valence-corrected chi connectivity index (χ1v) is 11.4. The van der Waals surface area contributed by atoms with Crippen molar-refractivity contribution in [2.45, 2.75) is 32.9 Å². The molecule has 1 atom stereocenters. The third-order valence-corrected chi connectivity index (χ3v) is 5.87. The minimum Gasteiger partial charge on any atom is -0.493 e. The molecule has 4 rings (SSSR count). The molecule has 2 aliphatic rings. The number of hydrogen-bond donors (Lipinski definition) is 1. The molecule has 0 saturated heterocycles. The number of para-hydroxylation sites is 1. The van der Waals surface area contributed by atoms with E-state index in [0.717, 1.165) is 11.3 Å². The molecule has 180 valence electrons. The smallest absolute Gasteiger partial charge is 0.337 e. The van der Waals surface area contributed by atoms with E-state index in [9.17, 15) is 4.79 Å². The van der Waals surface area contributed by atoms with E-state index in [1.54, 1.807) is 12.0 Å². The van der Waals surface area contributed by atoms with Gasteiger partial charge in [-0.2, -0.15) is 0 Å². The van der Waals surface area contributed by atoms with Crippen LogP contribution < -0.4 is 29.2 Å². The van der Waals surface area contributed by atoms with E-state index in [4.69, 9.17) is 35.9 Å². The highest BCUT2D eigenvalue weighted by molar-refractivity contribution is 7.80. The summed E-state index contributed by atoms with van der Waals surface area (Å²) >= 11 is 5.77. The van der Waals surface area contributed by atoms with Crippen molar-refractivity contribution in [2.24, 2.45) is 0 Å². The van der Waals surface area contributed by atoms with E-state index in [2.05, 4.69) is 5.32 Å². The highest BCUT2D eigenvalue weighted by Gasteiger charge is 2.37. The van der Waals surface area contributed by atoms with Crippen LogP contribution in [0, 0.1) is 0 Å². The van der Waals surface area contributed by atoms with Crippen LogP contribution in [0.2, 0.25) is 0 Å². The van der Waals surface area contributed by atoms with E-state index in [1.165, 1.54) is 7.11 Å². The van der Waals surface area contributed by atoms with Crippen molar-refractivity contribution in [3.63, 3.8) is 0 Å². The van der Waals surface area contributed by atoms with Gasteiger partial charge in [0.05, 0.1) is 37.6 Å². The van der Waals surface area contributed by atoms with Gasteiger partial charge in [-0.25, -0.2) is 4.79 Å². The zero-order valence-corrected chi connectivity index (χ0v) is 20.7. The Morgan fingerprint density at radius 2 is 1.88 bits per heavy atom. The first kappa shape index (κ1) is 23.7. The van der Waals surface area contributed by atoms with Gasteiger partial charge in [0.25, 0.3) is 0 Å². The summed E-state index contributed by atoms with van der Waals surface area (Å²) in [6.07, 6.45) is -0.105. The second-order valence-electron chi connectivity index (χ2n) is 8.08. The zero-order chi connectivity index (χ0) is 24.4. The lowest BCUT2D eigenvalue weighted by Gasteiger charge is -2.38. The lowest BCUT2D eigenvalue weighted by molar-refractivity contribution is -0.136. The minimum absolute atomic E-state index is 0.105. The number of fused-ring (bicyclic) bond motifs is 1. The van der Waals surface area contributed by atoms with Crippen LogP contribution >= 0.6 is 12.2 Å². The van der Waals surface area contributed by atoms with Gasteiger partial charge in [0, 0.05) is 17.3 Å². The number of nitrogens with zero attached hydrogens (tertiary/aromatic N) is 1. The molecule has 0 spiro atoms. The van der Waals surface area contributed by atoms with Gasteiger partial charge in [-0.1, -0.05) is 12.1 Å². The number of carbonyl (C=O) groups excluding carboxylic acids is 1. The van der Waals surface area contributed by atoms with E-state index in [0.29, 0.717) is 52.6 Å². The molecule has 8 nitrogen and oxygen atoms in total. The summed E-state index contributed by atoms with van der Waals surface area (Å²) in [5, 5.41) is 3.73. The number of rotatable bonds is 6. The molecule has 0 saturated carbocycles. The molecule has 2 heterocycles. The Morgan fingerprint density at radius 1 is 1.15 bits per heavy atom. The van der Waals surface area contributed by atoms with Crippen LogP contribution in [0.1, 0.15) is 32.4 Å². The van der Waals surface area contributed by atoms with Crippen molar-refractivity contribution in [1.29, 1.82) is 0 Å². The lowest BCUT2D eigenvalue weighted by Crippen LogP contribution is -2.48. The predicted molar refractivity (Wildman–Crippen MR) is 132 cm³/mol. The van der Waals surface area contributed by atoms with Crippen LogP contribution in [-0.2, 0) is 9.53 Å². The maximum atomic E-state index is 13.1. The van der Waals surface area contributed by atoms with Crippen molar-refractivity contribution in [3.05, 3.63) is 53.2 Å². The number of anilines is 1. The number of benzene rings is 2. The monoisotopic (exact) mass is 484 g/mol. The van der Waals surface area contributed by atoms with E-state index in [1.807, 2.05) is 57.2 Å². The Hall–Kier alpha value is -3.46. The third kappa shape index (κ3) is 4.35. The molecule has 9 heteroatoms. The molecule has 0 amide bonds. The number of allylic oxidation sites excluding steroid dienone is 1. The highest BCUT2D eigenvalue weighted by atomic mass is 32.1. The average Bonchev–Trinajstić information content (AvgIpc) is 2.83. The number of hydrogen-bond acceptors (Lipinski definition) is 7. The number of esters is 1. The molecule has 0 radical (unpaired) electrons. The van der Waals surface area contributed by atoms with Crippen molar-refractivity contribution < 1.29 is 28.5 Å². The molecule has 2 aromatic rings. The number of ether oxygens (including phenoxy) is 5. The van der Waals surface area contributed by atoms with Gasteiger partial charge < -0.3 is 29.0 Å². The summed E-state index contributed by atoms with van der Waals surface area (Å²) in [5.41, 5.74) is 2.50. The van der Waals surface area contributed by atoms with Crippen molar-refractivity contribution in [3.8, 4) is 23.0 Å². The SMILES string of the molecule is COC(=O)C1=C(C)N(c2ccc3c(c2)OCCO3)C(=S)N[C@@H]1c1cccc(OC)c1OC(C)C. The van der Waals surface area contributed by atoms with Crippen molar-refractivity contribution >= 4 is 29.0 Å². The second kappa shape index (κ2) is 9.80.